The normalized spacial score (nSPS) is 20.6. The summed E-state index contributed by atoms with van der Waals surface area (Å²) in [4.78, 5) is 6.59. The zero-order chi connectivity index (χ0) is 14.3. The molecule has 1 saturated heterocycles. The average Bonchev–Trinajstić information content (AvgIpc) is 2.70. The van der Waals surface area contributed by atoms with Crippen LogP contribution in [0.3, 0.4) is 0 Å². The van der Waals surface area contributed by atoms with Crippen molar-refractivity contribution in [2.45, 2.75) is 25.9 Å². The van der Waals surface area contributed by atoms with Gasteiger partial charge in [0.15, 0.2) is 5.96 Å². The Hall–Kier alpha value is -0.250. The standard InChI is InChI=1S/C12H23F3N4.HI/c1-3-16-11(17-6-5-12(13,14)15)18-8-10-4-7-19(2)9-10;/h10H,3-9H2,1-2H3,(H2,16,17,18);1H. The summed E-state index contributed by atoms with van der Waals surface area (Å²) in [6, 6.07) is 0. The van der Waals surface area contributed by atoms with E-state index in [1.165, 1.54) is 0 Å². The molecule has 20 heavy (non-hydrogen) atoms. The Morgan fingerprint density at radius 2 is 2.05 bits per heavy atom. The minimum absolute atomic E-state index is 0. The fourth-order valence-electron chi connectivity index (χ4n) is 2.06. The van der Waals surface area contributed by atoms with Gasteiger partial charge in [-0.1, -0.05) is 0 Å². The summed E-state index contributed by atoms with van der Waals surface area (Å²) < 4.78 is 36.2. The first-order valence-corrected chi connectivity index (χ1v) is 6.68. The van der Waals surface area contributed by atoms with Gasteiger partial charge in [0.05, 0.1) is 6.42 Å². The molecule has 8 heteroatoms. The molecule has 1 atom stereocenters. The number of nitrogens with zero attached hydrogens (tertiary/aromatic N) is 2. The minimum atomic E-state index is -4.13. The smallest absolute Gasteiger partial charge is 0.357 e. The van der Waals surface area contributed by atoms with Crippen LogP contribution < -0.4 is 10.6 Å². The third kappa shape index (κ3) is 8.83. The lowest BCUT2D eigenvalue weighted by atomic mass is 10.1. The molecular weight excluding hydrogens is 384 g/mol. The van der Waals surface area contributed by atoms with Crippen LogP contribution in [0, 0.1) is 5.92 Å². The topological polar surface area (TPSA) is 39.7 Å². The monoisotopic (exact) mass is 408 g/mol. The highest BCUT2D eigenvalue weighted by atomic mass is 127. The first kappa shape index (κ1) is 19.8. The Morgan fingerprint density at radius 1 is 1.35 bits per heavy atom. The van der Waals surface area contributed by atoms with Gasteiger partial charge in [-0.3, -0.25) is 4.99 Å². The largest absolute Gasteiger partial charge is 0.390 e. The van der Waals surface area contributed by atoms with Gasteiger partial charge in [0.25, 0.3) is 0 Å². The van der Waals surface area contributed by atoms with E-state index >= 15 is 0 Å². The van der Waals surface area contributed by atoms with E-state index in [1.54, 1.807) is 0 Å². The predicted molar refractivity (Wildman–Crippen MR) is 85.7 cm³/mol. The number of aliphatic imine (C=N–C) groups is 1. The van der Waals surface area contributed by atoms with Crippen LogP contribution in [0.5, 0.6) is 0 Å². The minimum Gasteiger partial charge on any atom is -0.357 e. The van der Waals surface area contributed by atoms with Crippen molar-refractivity contribution in [1.82, 2.24) is 15.5 Å². The number of hydrogen-bond donors (Lipinski definition) is 2. The van der Waals surface area contributed by atoms with E-state index in [4.69, 9.17) is 0 Å². The molecule has 0 amide bonds. The van der Waals surface area contributed by atoms with Crippen molar-refractivity contribution in [3.05, 3.63) is 0 Å². The molecule has 1 fully saturated rings. The second-order valence-electron chi connectivity index (χ2n) is 4.93. The Bertz CT molecular complexity index is 297. The van der Waals surface area contributed by atoms with Crippen LogP contribution in [0.2, 0.25) is 0 Å². The molecule has 1 aliphatic heterocycles. The second kappa shape index (κ2) is 9.64. The van der Waals surface area contributed by atoms with Gasteiger partial charge >= 0.3 is 6.18 Å². The highest BCUT2D eigenvalue weighted by Gasteiger charge is 2.26. The third-order valence-corrected chi connectivity index (χ3v) is 3.04. The quantitative estimate of drug-likeness (QED) is 0.416. The van der Waals surface area contributed by atoms with Crippen LogP contribution in [0.15, 0.2) is 4.99 Å². The van der Waals surface area contributed by atoms with Crippen LogP contribution in [0.4, 0.5) is 13.2 Å². The second-order valence-corrected chi connectivity index (χ2v) is 4.93. The molecule has 120 valence electrons. The molecule has 2 N–H and O–H groups in total. The molecule has 1 rings (SSSR count). The highest BCUT2D eigenvalue weighted by Crippen LogP contribution is 2.18. The lowest BCUT2D eigenvalue weighted by Gasteiger charge is -2.14. The molecule has 0 aromatic rings. The number of alkyl halides is 3. The van der Waals surface area contributed by atoms with Crippen molar-refractivity contribution in [1.29, 1.82) is 0 Å². The van der Waals surface area contributed by atoms with Crippen LogP contribution >= 0.6 is 24.0 Å². The first-order valence-electron chi connectivity index (χ1n) is 6.68. The molecule has 0 aromatic heterocycles. The molecule has 4 nitrogen and oxygen atoms in total. The SMILES string of the molecule is CCNC(=NCC1CCN(C)C1)NCCC(F)(F)F.I. The molecule has 0 bridgehead atoms. The molecule has 0 aliphatic carbocycles. The summed E-state index contributed by atoms with van der Waals surface area (Å²) in [5.74, 6) is 0.976. The maximum atomic E-state index is 12.1. The van der Waals surface area contributed by atoms with Gasteiger partial charge in [-0.25, -0.2) is 0 Å². The molecule has 0 saturated carbocycles. The van der Waals surface area contributed by atoms with E-state index < -0.39 is 12.6 Å². The Balaban J connectivity index is 0.00000361. The number of hydrogen-bond acceptors (Lipinski definition) is 2. The maximum absolute atomic E-state index is 12.1. The summed E-state index contributed by atoms with van der Waals surface area (Å²) in [6.07, 6.45) is -3.87. The van der Waals surface area contributed by atoms with E-state index in [2.05, 4.69) is 27.6 Å². The molecule has 0 aromatic carbocycles. The summed E-state index contributed by atoms with van der Waals surface area (Å²) in [6.45, 7) is 5.13. The van der Waals surface area contributed by atoms with Gasteiger partial charge in [-0.15, -0.1) is 24.0 Å². The fraction of sp³-hybridized carbons (Fsp3) is 0.917. The van der Waals surface area contributed by atoms with Crippen molar-refractivity contribution >= 4 is 29.9 Å². The fourth-order valence-corrected chi connectivity index (χ4v) is 2.06. The zero-order valence-electron chi connectivity index (χ0n) is 12.0. The summed E-state index contributed by atoms with van der Waals surface area (Å²) >= 11 is 0. The maximum Gasteiger partial charge on any atom is 0.390 e. The number of halogens is 4. The lowest BCUT2D eigenvalue weighted by Crippen LogP contribution is -2.39. The highest BCUT2D eigenvalue weighted by molar-refractivity contribution is 14.0. The van der Waals surface area contributed by atoms with Gasteiger partial charge < -0.3 is 15.5 Å². The van der Waals surface area contributed by atoms with Gasteiger partial charge in [0.2, 0.25) is 0 Å². The van der Waals surface area contributed by atoms with E-state index in [0.29, 0.717) is 25.0 Å². The number of guanidine groups is 1. The number of nitrogens with one attached hydrogen (secondary N) is 2. The summed E-state index contributed by atoms with van der Waals surface area (Å²) in [5, 5.41) is 5.68. The molecule has 0 spiro atoms. The zero-order valence-corrected chi connectivity index (χ0v) is 14.3. The lowest BCUT2D eigenvalue weighted by molar-refractivity contribution is -0.132. The van der Waals surface area contributed by atoms with E-state index in [0.717, 1.165) is 19.5 Å². The van der Waals surface area contributed by atoms with Crippen molar-refractivity contribution in [3.8, 4) is 0 Å². The first-order chi connectivity index (χ1) is 8.90. The van der Waals surface area contributed by atoms with Crippen molar-refractivity contribution < 1.29 is 13.2 Å². The molecule has 0 radical (unpaired) electrons. The van der Waals surface area contributed by atoms with E-state index in [-0.39, 0.29) is 30.5 Å². The third-order valence-electron chi connectivity index (χ3n) is 3.04. The van der Waals surface area contributed by atoms with Gasteiger partial charge in [-0.05, 0) is 32.9 Å². The predicted octanol–water partition coefficient (Wildman–Crippen LogP) is 2.06. The Labute approximate surface area is 135 Å². The van der Waals surface area contributed by atoms with Crippen molar-refractivity contribution in [3.63, 3.8) is 0 Å². The van der Waals surface area contributed by atoms with Gasteiger partial charge in [-0.2, -0.15) is 13.2 Å². The Kier molecular flexibility index (Phi) is 9.52. The number of rotatable bonds is 5. The van der Waals surface area contributed by atoms with E-state index in [1.807, 2.05) is 6.92 Å². The molecule has 1 heterocycles. The van der Waals surface area contributed by atoms with Crippen molar-refractivity contribution in [2.24, 2.45) is 10.9 Å². The van der Waals surface area contributed by atoms with Crippen LogP contribution in [0.1, 0.15) is 19.8 Å². The number of likely N-dealkylation sites (tertiary alicyclic amines) is 1. The molecule has 1 aliphatic rings. The van der Waals surface area contributed by atoms with Crippen LogP contribution in [-0.4, -0.2) is 56.8 Å². The average molecular weight is 408 g/mol. The molecular formula is C12H24F3IN4. The van der Waals surface area contributed by atoms with Gasteiger partial charge in [0, 0.05) is 26.2 Å². The van der Waals surface area contributed by atoms with Crippen LogP contribution in [-0.2, 0) is 0 Å². The summed E-state index contributed by atoms with van der Waals surface area (Å²) in [5.41, 5.74) is 0. The summed E-state index contributed by atoms with van der Waals surface area (Å²) in [7, 11) is 2.07. The van der Waals surface area contributed by atoms with Gasteiger partial charge in [0.1, 0.15) is 0 Å². The molecule has 1 unspecified atom stereocenters. The Morgan fingerprint density at radius 3 is 2.55 bits per heavy atom. The van der Waals surface area contributed by atoms with Crippen LogP contribution in [0.25, 0.3) is 0 Å². The van der Waals surface area contributed by atoms with E-state index in [9.17, 15) is 13.2 Å². The van der Waals surface area contributed by atoms with Crippen molar-refractivity contribution in [2.75, 3.05) is 39.8 Å².